The normalized spacial score (nSPS) is 24.1. The highest BCUT2D eigenvalue weighted by atomic mass is 31.2. The molecule has 12 atom stereocenters. The van der Waals surface area contributed by atoms with E-state index < -0.39 is 95.0 Å². The Labute approximate surface area is 544 Å². The first-order valence-corrected chi connectivity index (χ1v) is 39.0. The number of methoxy groups -OCH3 is 2. The van der Waals surface area contributed by atoms with E-state index in [1.165, 1.54) is 97.0 Å². The summed E-state index contributed by atoms with van der Waals surface area (Å²) in [6.45, 7) is 7.58. The maximum absolute atomic E-state index is 15.0. The van der Waals surface area contributed by atoms with Crippen LogP contribution in [0.25, 0.3) is 0 Å². The van der Waals surface area contributed by atoms with Crippen LogP contribution in [0.1, 0.15) is 297 Å². The number of carbonyl (C=O) groups is 1. The number of hydrogen-bond donors (Lipinski definition) is 7. The number of rotatable bonds is 62. The monoisotopic (exact) mass is 1330 g/mol. The SMILES string of the molecule is CCCCCC/C=C\CCCCCCCCCC(=O)[C@]1(O)[C@H](OC[C@H]2OC(OP(=O)(O)O)[C@H](OCC[C@H](O)CCCCCCCCCCC)[C@@H](OCCCCCCCCCCCC)[C@@H]2O)O[C@H](COC)[C@@H](OP(=O)(O)O)[C@@H]1OCC[C@@H](CCCCCCC)OC. The van der Waals surface area contributed by atoms with Crippen LogP contribution in [-0.4, -0.2) is 161 Å². The van der Waals surface area contributed by atoms with E-state index in [1.54, 1.807) is 7.11 Å². The Balaban J connectivity index is 2.48. The van der Waals surface area contributed by atoms with Crippen molar-refractivity contribution in [2.75, 3.05) is 47.3 Å². The van der Waals surface area contributed by atoms with E-state index in [0.717, 1.165) is 128 Å². The van der Waals surface area contributed by atoms with Crippen molar-refractivity contribution in [3.8, 4) is 0 Å². The summed E-state index contributed by atoms with van der Waals surface area (Å²) in [5, 5.41) is 36.5. The van der Waals surface area contributed by atoms with Gasteiger partial charge in [-0.25, -0.2) is 9.13 Å². The summed E-state index contributed by atoms with van der Waals surface area (Å²) in [6.07, 6.45) is 29.4. The number of carbonyl (C=O) groups excluding carboxylic acids is 1. The molecule has 0 spiro atoms. The third kappa shape index (κ3) is 38.8. The molecule has 0 aliphatic carbocycles. The number of phosphoric ester groups is 2. The first kappa shape index (κ1) is 85.3. The van der Waals surface area contributed by atoms with Crippen LogP contribution in [0.15, 0.2) is 12.2 Å². The maximum atomic E-state index is 15.0. The lowest BCUT2D eigenvalue weighted by Gasteiger charge is -2.50. The number of aliphatic hydroxyl groups excluding tert-OH is 2. The second-order valence-electron chi connectivity index (χ2n) is 25.6. The van der Waals surface area contributed by atoms with Crippen LogP contribution < -0.4 is 0 Å². The Hall–Kier alpha value is -0.810. The van der Waals surface area contributed by atoms with Gasteiger partial charge in [0.1, 0.15) is 42.7 Å². The van der Waals surface area contributed by atoms with E-state index in [0.29, 0.717) is 32.1 Å². The van der Waals surface area contributed by atoms with Crippen molar-refractivity contribution in [3.05, 3.63) is 12.2 Å². The Bertz CT molecular complexity index is 1830. The average Bonchev–Trinajstić information content (AvgIpc) is 0.766. The van der Waals surface area contributed by atoms with Gasteiger partial charge in [-0.1, -0.05) is 239 Å². The Kier molecular flexibility index (Phi) is 50.5. The summed E-state index contributed by atoms with van der Waals surface area (Å²) in [5.41, 5.74) is -2.82. The van der Waals surface area contributed by atoms with E-state index >= 15 is 0 Å². The molecule has 22 heteroatoms. The molecule has 0 aromatic rings. The van der Waals surface area contributed by atoms with Crippen LogP contribution in [0.2, 0.25) is 0 Å². The average molecular weight is 1330 g/mol. The summed E-state index contributed by atoms with van der Waals surface area (Å²) < 4.78 is 85.4. The molecule has 7 N–H and O–H groups in total. The topological polar surface area (TPSA) is 285 Å². The van der Waals surface area contributed by atoms with Gasteiger partial charge < -0.3 is 72.8 Å². The molecule has 2 heterocycles. The molecule has 20 nitrogen and oxygen atoms in total. The van der Waals surface area contributed by atoms with E-state index in [1.807, 2.05) is 0 Å². The number of ketones is 1. The quantitative estimate of drug-likeness (QED) is 0.0169. The molecule has 2 aliphatic heterocycles. The highest BCUT2D eigenvalue weighted by Crippen LogP contribution is 2.46. The fourth-order valence-corrected chi connectivity index (χ4v) is 13.2. The van der Waals surface area contributed by atoms with Gasteiger partial charge in [0.15, 0.2) is 18.4 Å². The first-order valence-electron chi connectivity index (χ1n) is 35.9. The van der Waals surface area contributed by atoms with Crippen LogP contribution in [0.5, 0.6) is 0 Å². The number of phosphoric acid groups is 2. The number of allylic oxidation sites excluding steroid dienone is 2. The van der Waals surface area contributed by atoms with Crippen LogP contribution in [0, 0.1) is 0 Å². The Morgan fingerprint density at radius 2 is 0.944 bits per heavy atom. The predicted molar refractivity (Wildman–Crippen MR) is 353 cm³/mol. The lowest BCUT2D eigenvalue weighted by Crippen LogP contribution is -2.72. The second kappa shape index (κ2) is 53.3. The standard InChI is InChI=1S/C68H132O20P2/c1-7-11-15-19-22-25-27-28-29-30-31-33-36-40-44-48-60(70)68(72)65(83-53-50-57(80-6)47-43-38-18-14-10-4)62(87-89(73,74)75)59(54-79-5)86-67(68)84-55-58-61(71)63(81-51-45-41-37-34-26-23-20-16-12-8-2)64(66(85-58)88-90(76,77)78)82-52-49-56(69)46-42-39-35-32-24-21-17-13-9-3/h25,27,56-59,61-67,69,71-72H,7-24,26,28-55H2,1-6H3,(H2,73,74,75)(H2,76,77,78)/b27-25-/t56-,57-,58-,59-,61-,62-,63+,64-,65+,66?,67-,68-/m1/s1. The lowest BCUT2D eigenvalue weighted by molar-refractivity contribution is -0.349. The third-order valence-electron chi connectivity index (χ3n) is 17.6. The molecule has 0 aromatic carbocycles. The van der Waals surface area contributed by atoms with Crippen molar-refractivity contribution >= 4 is 21.4 Å². The molecule has 0 amide bonds. The van der Waals surface area contributed by atoms with Gasteiger partial charge >= 0.3 is 15.6 Å². The molecule has 0 bridgehead atoms. The van der Waals surface area contributed by atoms with Crippen molar-refractivity contribution in [2.45, 2.75) is 370 Å². The highest BCUT2D eigenvalue weighted by molar-refractivity contribution is 7.46. The number of ether oxygens (including phenoxy) is 8. The minimum Gasteiger partial charge on any atom is -0.393 e. The summed E-state index contributed by atoms with van der Waals surface area (Å²) in [4.78, 5) is 56.3. The van der Waals surface area contributed by atoms with Gasteiger partial charge in [-0.05, 0) is 64.2 Å². The van der Waals surface area contributed by atoms with Crippen LogP contribution in [0.3, 0.4) is 0 Å². The fraction of sp³-hybridized carbons (Fsp3) is 0.956. The Morgan fingerprint density at radius 3 is 1.46 bits per heavy atom. The third-order valence-corrected chi connectivity index (χ3v) is 18.6. The van der Waals surface area contributed by atoms with E-state index in [4.69, 9.17) is 46.9 Å². The van der Waals surface area contributed by atoms with Gasteiger partial charge in [0.05, 0.1) is 25.4 Å². The number of Topliss-reactive ketones (excluding diaryl/α,β-unsaturated/α-hetero) is 1. The van der Waals surface area contributed by atoms with Gasteiger partial charge in [0.25, 0.3) is 0 Å². The molecule has 1 unspecified atom stereocenters. The zero-order valence-electron chi connectivity index (χ0n) is 57.1. The summed E-state index contributed by atoms with van der Waals surface area (Å²) in [7, 11) is -7.81. The molecule has 534 valence electrons. The Morgan fingerprint density at radius 1 is 0.489 bits per heavy atom. The largest absolute Gasteiger partial charge is 0.472 e. The van der Waals surface area contributed by atoms with Crippen molar-refractivity contribution in [2.24, 2.45) is 0 Å². The molecule has 2 saturated heterocycles. The van der Waals surface area contributed by atoms with Gasteiger partial charge in [-0.2, -0.15) is 0 Å². The van der Waals surface area contributed by atoms with Crippen molar-refractivity contribution in [1.29, 1.82) is 0 Å². The number of aliphatic hydroxyl groups is 3. The zero-order chi connectivity index (χ0) is 66.1. The van der Waals surface area contributed by atoms with Gasteiger partial charge in [0.2, 0.25) is 5.60 Å². The molecule has 0 saturated carbocycles. The van der Waals surface area contributed by atoms with Crippen LogP contribution >= 0.6 is 15.6 Å². The molecule has 2 rings (SSSR count). The van der Waals surface area contributed by atoms with E-state index in [9.17, 15) is 48.8 Å². The summed E-state index contributed by atoms with van der Waals surface area (Å²) in [6, 6.07) is 0. The van der Waals surface area contributed by atoms with Crippen molar-refractivity contribution in [3.63, 3.8) is 0 Å². The summed E-state index contributed by atoms with van der Waals surface area (Å²) in [5.74, 6) is -0.813. The maximum Gasteiger partial charge on any atom is 0.472 e. The smallest absolute Gasteiger partial charge is 0.393 e. The van der Waals surface area contributed by atoms with Crippen molar-refractivity contribution in [1.82, 2.24) is 0 Å². The summed E-state index contributed by atoms with van der Waals surface area (Å²) >= 11 is 0. The van der Waals surface area contributed by atoms with Crippen LogP contribution in [-0.2, 0) is 60.9 Å². The van der Waals surface area contributed by atoms with E-state index in [2.05, 4.69) is 39.8 Å². The van der Waals surface area contributed by atoms with Gasteiger partial charge in [-0.15, -0.1) is 0 Å². The van der Waals surface area contributed by atoms with Crippen LogP contribution in [0.4, 0.5) is 0 Å². The molecule has 90 heavy (non-hydrogen) atoms. The minimum atomic E-state index is -5.39. The highest BCUT2D eigenvalue weighted by Gasteiger charge is 2.63. The molecule has 2 aliphatic rings. The number of unbranched alkanes of at least 4 members (excludes halogenated alkanes) is 32. The minimum absolute atomic E-state index is 0.0912. The second-order valence-corrected chi connectivity index (χ2v) is 28.0. The molecule has 0 radical (unpaired) electrons. The lowest BCUT2D eigenvalue weighted by atomic mass is 9.81. The molecular weight excluding hydrogens is 1200 g/mol. The first-order chi connectivity index (χ1) is 43.4. The number of hydrogen-bond acceptors (Lipinski definition) is 16. The van der Waals surface area contributed by atoms with Gasteiger partial charge in [0, 0.05) is 40.5 Å². The predicted octanol–water partition coefficient (Wildman–Crippen LogP) is 14.9. The molecular formula is C68H132O20P2. The molecule has 0 aromatic heterocycles. The van der Waals surface area contributed by atoms with Gasteiger partial charge in [-0.3, -0.25) is 13.8 Å². The fourth-order valence-electron chi connectivity index (χ4n) is 12.2. The van der Waals surface area contributed by atoms with Crippen molar-refractivity contribution < 1.29 is 95.8 Å². The zero-order valence-corrected chi connectivity index (χ0v) is 58.9. The molecule has 2 fully saturated rings. The van der Waals surface area contributed by atoms with E-state index in [-0.39, 0.29) is 51.8 Å².